The minimum atomic E-state index is -0.410. The molecule has 1 fully saturated rings. The first kappa shape index (κ1) is 17.9. The largest absolute Gasteiger partial charge is 0.389 e. The molecule has 0 saturated carbocycles. The molecule has 1 rings (SSSR count). The molecule has 1 aliphatic rings. The predicted octanol–water partition coefficient (Wildman–Crippen LogP) is 0.720. The van der Waals surface area contributed by atoms with Gasteiger partial charge in [-0.1, -0.05) is 6.92 Å². The SMILES string of the molecule is CCNCC1CCCN(CC(O)COC(C)COC)C1. The van der Waals surface area contributed by atoms with E-state index in [0.717, 1.165) is 26.2 Å². The van der Waals surface area contributed by atoms with Crippen LogP contribution in [0.25, 0.3) is 0 Å². The maximum Gasteiger partial charge on any atom is 0.0900 e. The second-order valence-corrected chi connectivity index (χ2v) is 5.83. The molecule has 3 atom stereocenters. The number of nitrogens with zero attached hydrogens (tertiary/aromatic N) is 1. The first-order chi connectivity index (χ1) is 9.65. The Balaban J connectivity index is 2.18. The number of methoxy groups -OCH3 is 1. The highest BCUT2D eigenvalue weighted by Gasteiger charge is 2.21. The molecular formula is C15H32N2O3. The highest BCUT2D eigenvalue weighted by molar-refractivity contribution is 4.76. The van der Waals surface area contributed by atoms with Gasteiger partial charge >= 0.3 is 0 Å². The van der Waals surface area contributed by atoms with Crippen LogP contribution in [0.2, 0.25) is 0 Å². The summed E-state index contributed by atoms with van der Waals surface area (Å²) in [4.78, 5) is 2.36. The molecule has 3 unspecified atom stereocenters. The Morgan fingerprint density at radius 3 is 2.90 bits per heavy atom. The van der Waals surface area contributed by atoms with Crippen LogP contribution in [0.15, 0.2) is 0 Å². The van der Waals surface area contributed by atoms with E-state index in [1.807, 2.05) is 6.92 Å². The van der Waals surface area contributed by atoms with Crippen molar-refractivity contribution in [3.63, 3.8) is 0 Å². The summed E-state index contributed by atoms with van der Waals surface area (Å²) in [7, 11) is 1.66. The molecule has 0 aromatic carbocycles. The zero-order valence-electron chi connectivity index (χ0n) is 13.3. The number of hydrogen-bond donors (Lipinski definition) is 2. The number of rotatable bonds is 10. The Hall–Kier alpha value is -0.200. The van der Waals surface area contributed by atoms with Crippen molar-refractivity contribution in [1.29, 1.82) is 0 Å². The van der Waals surface area contributed by atoms with Gasteiger partial charge in [0.25, 0.3) is 0 Å². The van der Waals surface area contributed by atoms with Crippen molar-refractivity contribution in [2.75, 3.05) is 53.0 Å². The van der Waals surface area contributed by atoms with Crippen LogP contribution in [-0.2, 0) is 9.47 Å². The van der Waals surface area contributed by atoms with Crippen molar-refractivity contribution < 1.29 is 14.6 Å². The van der Waals surface area contributed by atoms with Crippen LogP contribution in [0.4, 0.5) is 0 Å². The summed E-state index contributed by atoms with van der Waals surface area (Å²) < 4.78 is 10.6. The highest BCUT2D eigenvalue weighted by atomic mass is 16.5. The average Bonchev–Trinajstić information content (AvgIpc) is 2.44. The number of nitrogens with one attached hydrogen (secondary N) is 1. The molecule has 1 heterocycles. The van der Waals surface area contributed by atoms with Crippen LogP contribution in [0, 0.1) is 5.92 Å². The number of β-amino-alcohol motifs (C(OH)–C–C–N with tert-alkyl or cyclic N) is 1. The second kappa shape index (κ2) is 10.5. The van der Waals surface area contributed by atoms with E-state index in [9.17, 15) is 5.11 Å². The van der Waals surface area contributed by atoms with Gasteiger partial charge < -0.3 is 24.8 Å². The van der Waals surface area contributed by atoms with Crippen LogP contribution in [0.3, 0.4) is 0 Å². The van der Waals surface area contributed by atoms with Crippen LogP contribution in [0.1, 0.15) is 26.7 Å². The van der Waals surface area contributed by atoms with Gasteiger partial charge in [-0.2, -0.15) is 0 Å². The first-order valence-corrected chi connectivity index (χ1v) is 7.87. The van der Waals surface area contributed by atoms with Crippen LogP contribution in [-0.4, -0.2) is 75.3 Å². The van der Waals surface area contributed by atoms with E-state index in [1.165, 1.54) is 12.8 Å². The van der Waals surface area contributed by atoms with Gasteiger partial charge in [-0.15, -0.1) is 0 Å². The highest BCUT2D eigenvalue weighted by Crippen LogP contribution is 2.16. The van der Waals surface area contributed by atoms with Gasteiger partial charge in [0.05, 0.1) is 25.4 Å². The van der Waals surface area contributed by atoms with Gasteiger partial charge in [-0.25, -0.2) is 0 Å². The molecule has 0 aliphatic carbocycles. The second-order valence-electron chi connectivity index (χ2n) is 5.83. The van der Waals surface area contributed by atoms with Gasteiger partial charge in [0.2, 0.25) is 0 Å². The third-order valence-electron chi connectivity index (χ3n) is 3.73. The van der Waals surface area contributed by atoms with Crippen molar-refractivity contribution in [3.05, 3.63) is 0 Å². The lowest BCUT2D eigenvalue weighted by atomic mass is 9.98. The topological polar surface area (TPSA) is 54.0 Å². The fourth-order valence-corrected chi connectivity index (χ4v) is 2.74. The summed E-state index contributed by atoms with van der Waals surface area (Å²) in [5.41, 5.74) is 0. The Bertz CT molecular complexity index is 241. The molecule has 20 heavy (non-hydrogen) atoms. The summed E-state index contributed by atoms with van der Waals surface area (Å²) in [6, 6.07) is 0. The molecule has 0 spiro atoms. The number of likely N-dealkylation sites (tertiary alicyclic amines) is 1. The third kappa shape index (κ3) is 7.55. The third-order valence-corrected chi connectivity index (χ3v) is 3.73. The maximum absolute atomic E-state index is 10.1. The minimum Gasteiger partial charge on any atom is -0.389 e. The minimum absolute atomic E-state index is 0.0394. The summed E-state index contributed by atoms with van der Waals surface area (Å²) >= 11 is 0. The standard InChI is InChI=1S/C15H32N2O3/c1-4-16-8-14-6-5-7-17(9-14)10-15(18)12-20-13(2)11-19-3/h13-16,18H,4-12H2,1-3H3. The van der Waals surface area contributed by atoms with Gasteiger partial charge in [0, 0.05) is 20.2 Å². The van der Waals surface area contributed by atoms with Crippen molar-refractivity contribution in [3.8, 4) is 0 Å². The van der Waals surface area contributed by atoms with Crippen molar-refractivity contribution >= 4 is 0 Å². The van der Waals surface area contributed by atoms with E-state index < -0.39 is 6.10 Å². The van der Waals surface area contributed by atoms with E-state index >= 15 is 0 Å². The normalized spacial score (nSPS) is 23.7. The lowest BCUT2D eigenvalue weighted by Crippen LogP contribution is -2.44. The molecule has 5 heteroatoms. The molecule has 0 radical (unpaired) electrons. The number of hydrogen-bond acceptors (Lipinski definition) is 5. The van der Waals surface area contributed by atoms with E-state index in [4.69, 9.17) is 9.47 Å². The maximum atomic E-state index is 10.1. The van der Waals surface area contributed by atoms with Crippen LogP contribution < -0.4 is 5.32 Å². The molecule has 120 valence electrons. The number of aliphatic hydroxyl groups excluding tert-OH is 1. The van der Waals surface area contributed by atoms with Crippen LogP contribution >= 0.6 is 0 Å². The van der Waals surface area contributed by atoms with Gasteiger partial charge in [-0.3, -0.25) is 0 Å². The lowest BCUT2D eigenvalue weighted by Gasteiger charge is -2.34. The molecule has 1 saturated heterocycles. The first-order valence-electron chi connectivity index (χ1n) is 7.87. The van der Waals surface area contributed by atoms with Crippen molar-refractivity contribution in [1.82, 2.24) is 10.2 Å². The molecular weight excluding hydrogens is 256 g/mol. The van der Waals surface area contributed by atoms with Gasteiger partial charge in [0.15, 0.2) is 0 Å². The Morgan fingerprint density at radius 2 is 2.20 bits per heavy atom. The van der Waals surface area contributed by atoms with E-state index in [1.54, 1.807) is 7.11 Å². The Labute approximate surface area is 123 Å². The van der Waals surface area contributed by atoms with Crippen LogP contribution in [0.5, 0.6) is 0 Å². The summed E-state index contributed by atoms with van der Waals surface area (Å²) in [5.74, 6) is 0.712. The Morgan fingerprint density at radius 1 is 1.40 bits per heavy atom. The molecule has 2 N–H and O–H groups in total. The summed E-state index contributed by atoms with van der Waals surface area (Å²) in [6.07, 6.45) is 2.15. The molecule has 0 aromatic rings. The molecule has 0 amide bonds. The van der Waals surface area contributed by atoms with Gasteiger partial charge in [-0.05, 0) is 45.3 Å². The zero-order chi connectivity index (χ0) is 14.8. The van der Waals surface area contributed by atoms with Gasteiger partial charge in [0.1, 0.15) is 0 Å². The fraction of sp³-hybridized carbons (Fsp3) is 1.00. The molecule has 1 aliphatic heterocycles. The Kier molecular flexibility index (Phi) is 9.39. The monoisotopic (exact) mass is 288 g/mol. The molecule has 5 nitrogen and oxygen atoms in total. The number of ether oxygens (including phenoxy) is 2. The quantitative estimate of drug-likeness (QED) is 0.620. The van der Waals surface area contributed by atoms with E-state index in [0.29, 0.717) is 25.7 Å². The smallest absolute Gasteiger partial charge is 0.0900 e. The molecule has 0 aromatic heterocycles. The molecule has 0 bridgehead atoms. The van der Waals surface area contributed by atoms with E-state index in [2.05, 4.69) is 17.1 Å². The number of aliphatic hydroxyl groups is 1. The predicted molar refractivity (Wildman–Crippen MR) is 81.0 cm³/mol. The number of piperidine rings is 1. The average molecular weight is 288 g/mol. The lowest BCUT2D eigenvalue weighted by molar-refractivity contribution is -0.0422. The zero-order valence-corrected chi connectivity index (χ0v) is 13.3. The van der Waals surface area contributed by atoms with Crippen molar-refractivity contribution in [2.24, 2.45) is 5.92 Å². The fourth-order valence-electron chi connectivity index (χ4n) is 2.74. The summed E-state index contributed by atoms with van der Waals surface area (Å²) in [5, 5.41) is 13.5. The van der Waals surface area contributed by atoms with E-state index in [-0.39, 0.29) is 6.10 Å². The van der Waals surface area contributed by atoms with Crippen molar-refractivity contribution in [2.45, 2.75) is 38.9 Å². The summed E-state index contributed by atoms with van der Waals surface area (Å²) in [6.45, 7) is 10.1.